The Balaban J connectivity index is 3.02. The van der Waals surface area contributed by atoms with E-state index < -0.39 is 12.0 Å². The zero-order valence-corrected chi connectivity index (χ0v) is 10.4. The Labute approximate surface area is 101 Å². The van der Waals surface area contributed by atoms with Crippen molar-refractivity contribution in [2.45, 2.75) is 32.2 Å². The van der Waals surface area contributed by atoms with Gasteiger partial charge in [0.05, 0.1) is 7.11 Å². The Kier molecular flexibility index (Phi) is 4.52. The highest BCUT2D eigenvalue weighted by Gasteiger charge is 2.16. The van der Waals surface area contributed by atoms with E-state index in [-0.39, 0.29) is 0 Å². The van der Waals surface area contributed by atoms with Gasteiger partial charge < -0.3 is 15.6 Å². The van der Waals surface area contributed by atoms with Crippen LogP contribution in [0.25, 0.3) is 0 Å². The van der Waals surface area contributed by atoms with Gasteiger partial charge in [-0.1, -0.05) is 19.9 Å². The van der Waals surface area contributed by atoms with Crippen LogP contribution in [-0.2, 0) is 11.2 Å². The summed E-state index contributed by atoms with van der Waals surface area (Å²) in [6, 6.07) is 4.79. The average Bonchev–Trinajstić information content (AvgIpc) is 2.29. The second kappa shape index (κ2) is 5.68. The molecule has 4 nitrogen and oxygen atoms in total. The van der Waals surface area contributed by atoms with E-state index in [4.69, 9.17) is 15.6 Å². The molecule has 0 saturated heterocycles. The zero-order valence-electron chi connectivity index (χ0n) is 10.4. The number of methoxy groups -OCH3 is 1. The van der Waals surface area contributed by atoms with Gasteiger partial charge in [0.15, 0.2) is 0 Å². The van der Waals surface area contributed by atoms with E-state index in [9.17, 15) is 4.79 Å². The maximum absolute atomic E-state index is 10.8. The molecule has 0 radical (unpaired) electrons. The normalized spacial score (nSPS) is 12.5. The summed E-state index contributed by atoms with van der Waals surface area (Å²) in [6.07, 6.45) is 0.340. The van der Waals surface area contributed by atoms with Gasteiger partial charge in [-0.05, 0) is 35.6 Å². The third-order valence-corrected chi connectivity index (χ3v) is 2.73. The smallest absolute Gasteiger partial charge is 0.320 e. The lowest BCUT2D eigenvalue weighted by Crippen LogP contribution is -2.32. The Morgan fingerprint density at radius 3 is 2.59 bits per heavy atom. The van der Waals surface area contributed by atoms with Crippen molar-refractivity contribution in [3.63, 3.8) is 0 Å². The molecule has 0 aliphatic heterocycles. The van der Waals surface area contributed by atoms with Gasteiger partial charge in [-0.25, -0.2) is 0 Å². The molecule has 1 unspecified atom stereocenters. The molecule has 0 heterocycles. The number of carbonyl (C=O) groups is 1. The van der Waals surface area contributed by atoms with E-state index in [1.165, 1.54) is 0 Å². The Morgan fingerprint density at radius 2 is 2.12 bits per heavy atom. The fourth-order valence-corrected chi connectivity index (χ4v) is 1.75. The number of nitrogens with two attached hydrogens (primary N) is 1. The van der Waals surface area contributed by atoms with Gasteiger partial charge in [0.25, 0.3) is 0 Å². The van der Waals surface area contributed by atoms with Crippen molar-refractivity contribution >= 4 is 5.97 Å². The minimum Gasteiger partial charge on any atom is -0.497 e. The predicted molar refractivity (Wildman–Crippen MR) is 66.4 cm³/mol. The molecule has 1 atom stereocenters. The highest BCUT2D eigenvalue weighted by Crippen LogP contribution is 2.25. The summed E-state index contributed by atoms with van der Waals surface area (Å²) in [5, 5.41) is 8.82. The largest absolute Gasteiger partial charge is 0.497 e. The van der Waals surface area contributed by atoms with E-state index in [0.717, 1.165) is 16.9 Å². The third-order valence-electron chi connectivity index (χ3n) is 2.73. The molecule has 4 heteroatoms. The highest BCUT2D eigenvalue weighted by atomic mass is 16.5. The van der Waals surface area contributed by atoms with Gasteiger partial charge in [-0.3, -0.25) is 4.79 Å². The molecular formula is C13H19NO3. The first-order chi connectivity index (χ1) is 7.95. The standard InChI is InChI=1S/C13H19NO3/c1-8(2)11-7-10(17-3)5-4-9(11)6-12(14)13(15)16/h4-5,7-8,12H,6,14H2,1-3H3,(H,15,16). The fraction of sp³-hybridized carbons (Fsp3) is 0.462. The minimum absolute atomic E-state index is 0.307. The molecule has 1 aromatic rings. The molecule has 3 N–H and O–H groups in total. The lowest BCUT2D eigenvalue weighted by Gasteiger charge is -2.16. The average molecular weight is 237 g/mol. The number of rotatable bonds is 5. The number of carboxylic acid groups (broad SMARTS) is 1. The van der Waals surface area contributed by atoms with Crippen molar-refractivity contribution in [2.75, 3.05) is 7.11 Å². The molecule has 0 aliphatic rings. The van der Waals surface area contributed by atoms with E-state index in [1.54, 1.807) is 7.11 Å². The van der Waals surface area contributed by atoms with E-state index in [0.29, 0.717) is 12.3 Å². The molecule has 0 aliphatic carbocycles. The lowest BCUT2D eigenvalue weighted by atomic mass is 9.93. The van der Waals surface area contributed by atoms with Crippen LogP contribution in [0.3, 0.4) is 0 Å². The minimum atomic E-state index is -0.976. The molecule has 0 spiro atoms. The van der Waals surface area contributed by atoms with Gasteiger partial charge in [0.2, 0.25) is 0 Å². The molecule has 0 saturated carbocycles. The first kappa shape index (κ1) is 13.5. The topological polar surface area (TPSA) is 72.5 Å². The first-order valence-electron chi connectivity index (χ1n) is 5.61. The Hall–Kier alpha value is -1.55. The van der Waals surface area contributed by atoms with Crippen molar-refractivity contribution < 1.29 is 14.6 Å². The van der Waals surface area contributed by atoms with Crippen molar-refractivity contribution in [2.24, 2.45) is 5.73 Å². The van der Waals surface area contributed by atoms with Crippen molar-refractivity contribution in [1.82, 2.24) is 0 Å². The van der Waals surface area contributed by atoms with Gasteiger partial charge in [0.1, 0.15) is 11.8 Å². The quantitative estimate of drug-likeness (QED) is 0.818. The SMILES string of the molecule is COc1ccc(CC(N)C(=O)O)c(C(C)C)c1. The number of carboxylic acids is 1. The van der Waals surface area contributed by atoms with Crippen LogP contribution in [0, 0.1) is 0 Å². The molecule has 94 valence electrons. The van der Waals surface area contributed by atoms with E-state index in [2.05, 4.69) is 13.8 Å². The number of hydrogen-bond donors (Lipinski definition) is 2. The third kappa shape index (κ3) is 3.46. The molecule has 17 heavy (non-hydrogen) atoms. The van der Waals surface area contributed by atoms with Crippen LogP contribution in [0.1, 0.15) is 30.9 Å². The second-order valence-corrected chi connectivity index (χ2v) is 4.37. The van der Waals surface area contributed by atoms with Crippen LogP contribution in [0.15, 0.2) is 18.2 Å². The molecule has 1 aromatic carbocycles. The van der Waals surface area contributed by atoms with E-state index >= 15 is 0 Å². The van der Waals surface area contributed by atoms with Gasteiger partial charge in [0, 0.05) is 0 Å². The molecule has 0 bridgehead atoms. The summed E-state index contributed by atoms with van der Waals surface area (Å²) >= 11 is 0. The molecule has 0 aromatic heterocycles. The van der Waals surface area contributed by atoms with Crippen LogP contribution in [0.4, 0.5) is 0 Å². The highest BCUT2D eigenvalue weighted by molar-refractivity contribution is 5.73. The van der Waals surface area contributed by atoms with Crippen molar-refractivity contribution in [1.29, 1.82) is 0 Å². The predicted octanol–water partition coefficient (Wildman–Crippen LogP) is 1.77. The number of hydrogen-bond acceptors (Lipinski definition) is 3. The van der Waals surface area contributed by atoms with Crippen LogP contribution in [0.5, 0.6) is 5.75 Å². The number of aliphatic carboxylic acids is 1. The van der Waals surface area contributed by atoms with Gasteiger partial charge >= 0.3 is 5.97 Å². The van der Waals surface area contributed by atoms with Crippen LogP contribution >= 0.6 is 0 Å². The first-order valence-corrected chi connectivity index (χ1v) is 5.61. The van der Waals surface area contributed by atoms with Crippen LogP contribution in [-0.4, -0.2) is 24.2 Å². The number of benzene rings is 1. The fourth-order valence-electron chi connectivity index (χ4n) is 1.75. The maximum atomic E-state index is 10.8. The van der Waals surface area contributed by atoms with Crippen LogP contribution in [0.2, 0.25) is 0 Å². The zero-order chi connectivity index (χ0) is 13.0. The molecular weight excluding hydrogens is 218 g/mol. The monoisotopic (exact) mass is 237 g/mol. The second-order valence-electron chi connectivity index (χ2n) is 4.37. The molecule has 0 amide bonds. The summed E-state index contributed by atoms with van der Waals surface area (Å²) in [5.41, 5.74) is 7.61. The summed E-state index contributed by atoms with van der Waals surface area (Å²) in [5.74, 6) is 0.109. The van der Waals surface area contributed by atoms with Gasteiger partial charge in [-0.15, -0.1) is 0 Å². The van der Waals surface area contributed by atoms with Crippen molar-refractivity contribution in [3.8, 4) is 5.75 Å². The Bertz CT molecular complexity index is 402. The van der Waals surface area contributed by atoms with Crippen molar-refractivity contribution in [3.05, 3.63) is 29.3 Å². The number of ether oxygens (including phenoxy) is 1. The summed E-state index contributed by atoms with van der Waals surface area (Å²) < 4.78 is 5.16. The molecule has 1 rings (SSSR count). The van der Waals surface area contributed by atoms with E-state index in [1.807, 2.05) is 18.2 Å². The summed E-state index contributed by atoms with van der Waals surface area (Å²) in [4.78, 5) is 10.8. The lowest BCUT2D eigenvalue weighted by molar-refractivity contribution is -0.138. The van der Waals surface area contributed by atoms with Gasteiger partial charge in [-0.2, -0.15) is 0 Å². The summed E-state index contributed by atoms with van der Waals surface area (Å²) in [7, 11) is 1.61. The molecule has 0 fully saturated rings. The maximum Gasteiger partial charge on any atom is 0.320 e. The summed E-state index contributed by atoms with van der Waals surface area (Å²) in [6.45, 7) is 4.12. The Morgan fingerprint density at radius 1 is 1.47 bits per heavy atom. The van der Waals surface area contributed by atoms with Crippen LogP contribution < -0.4 is 10.5 Å².